The Morgan fingerprint density at radius 2 is 1.82 bits per heavy atom. The molecule has 3 aromatic carbocycles. The van der Waals surface area contributed by atoms with E-state index in [1.807, 2.05) is 6.08 Å². The fourth-order valence-electron chi connectivity index (χ4n) is 12.6. The van der Waals surface area contributed by atoms with E-state index in [1.165, 1.54) is 36.4 Å². The number of nitrogens with one attached hydrogen (secondary N) is 2. The minimum Gasteiger partial charge on any atom is -0.508 e. The lowest BCUT2D eigenvalue weighted by Gasteiger charge is -2.50. The number of aromatic hydroxyl groups is 2. The van der Waals surface area contributed by atoms with Gasteiger partial charge in [0.25, 0.3) is 0 Å². The second-order valence-corrected chi connectivity index (χ2v) is 19.9. The number of carbonyl (C=O) groups is 1. The molecule has 67 heavy (non-hydrogen) atoms. The lowest BCUT2D eigenvalue weighted by molar-refractivity contribution is -0.793. The molecule has 6 aliphatic rings. The number of hydrogen-bond acceptors (Lipinski definition) is 14. The molecule has 0 radical (unpaired) electrons. The first-order valence-corrected chi connectivity index (χ1v) is 23.7. The normalized spacial score (nSPS) is 28.5. The van der Waals surface area contributed by atoms with E-state index in [2.05, 4.69) is 23.4 Å². The third-order valence-corrected chi connectivity index (χ3v) is 16.0. The van der Waals surface area contributed by atoms with Crippen LogP contribution >= 0.6 is 0 Å². The van der Waals surface area contributed by atoms with Crippen LogP contribution in [0.15, 0.2) is 80.2 Å². The first kappa shape index (κ1) is 45.6. The van der Waals surface area contributed by atoms with Crippen molar-refractivity contribution in [2.75, 3.05) is 19.8 Å². The smallest absolute Gasteiger partial charge is 0.226 e. The molecule has 356 valence electrons. The average Bonchev–Trinajstić information content (AvgIpc) is 4.12. The van der Waals surface area contributed by atoms with Crippen molar-refractivity contribution >= 4 is 39.6 Å². The first-order valence-electron chi connectivity index (χ1n) is 23.7. The SMILES string of the molecule is CCC1C2=CC=NC2=C[NH+]1c1c2c(cc3c(=O)cc(C)oc13)C[C@@H](OOC[C@@](O)(Cc1ccc(O)c3ccc(O)cc13)[C@@H](O)[C@H](O)[C@H](O)CO)[C@]1(CCC[C@H]([C@H]3CNC(=O)C34CCCC4)C1)O2. The number of amides is 1. The van der Waals surface area contributed by atoms with E-state index in [0.29, 0.717) is 69.5 Å². The molecule has 16 nitrogen and oxygen atoms in total. The summed E-state index contributed by atoms with van der Waals surface area (Å²) in [6.07, 6.45) is 5.83. The van der Waals surface area contributed by atoms with Crippen LogP contribution in [-0.4, -0.2) is 109 Å². The number of rotatable bonds is 13. The topological polar surface area (TPSA) is 245 Å². The Morgan fingerprint density at radius 3 is 2.60 bits per heavy atom. The Bertz CT molecular complexity index is 2760. The van der Waals surface area contributed by atoms with Gasteiger partial charge in [-0.3, -0.25) is 19.5 Å². The number of phenols is 2. The lowest BCUT2D eigenvalue weighted by Crippen LogP contribution is -3.05. The Labute approximate surface area is 386 Å². The van der Waals surface area contributed by atoms with E-state index in [0.717, 1.165) is 61.1 Å². The predicted octanol–water partition coefficient (Wildman–Crippen LogP) is 3.36. The highest BCUT2D eigenvalue weighted by atomic mass is 17.2. The van der Waals surface area contributed by atoms with Gasteiger partial charge < -0.3 is 50.2 Å². The number of aliphatic hydroxyl groups excluding tert-OH is 4. The molecule has 2 aliphatic carbocycles. The van der Waals surface area contributed by atoms with Crippen LogP contribution < -0.4 is 20.4 Å². The van der Waals surface area contributed by atoms with Crippen molar-refractivity contribution in [1.29, 1.82) is 0 Å². The second kappa shape index (κ2) is 17.4. The van der Waals surface area contributed by atoms with Gasteiger partial charge in [0.2, 0.25) is 17.2 Å². The van der Waals surface area contributed by atoms with Gasteiger partial charge in [0.1, 0.15) is 77.4 Å². The second-order valence-electron chi connectivity index (χ2n) is 19.9. The number of ether oxygens (including phenoxy) is 1. The number of nitrogens with zero attached hydrogens (tertiary/aromatic N) is 1. The third kappa shape index (κ3) is 7.66. The number of aliphatic imine (C=N–C) groups is 1. The molecule has 1 amide bonds. The molecule has 2 unspecified atom stereocenters. The Hall–Kier alpha value is -5.17. The minimum atomic E-state index is -2.40. The largest absolute Gasteiger partial charge is 0.508 e. The number of carbonyl (C=O) groups excluding carboxylic acids is 1. The van der Waals surface area contributed by atoms with E-state index in [4.69, 9.17) is 18.9 Å². The van der Waals surface area contributed by atoms with Gasteiger partial charge in [-0.2, -0.15) is 0 Å². The van der Waals surface area contributed by atoms with Crippen LogP contribution in [0.1, 0.15) is 81.6 Å². The molecule has 1 saturated heterocycles. The molecule has 4 aliphatic heterocycles. The fourth-order valence-corrected chi connectivity index (χ4v) is 12.6. The van der Waals surface area contributed by atoms with Crippen molar-refractivity contribution in [2.45, 2.75) is 126 Å². The zero-order valence-corrected chi connectivity index (χ0v) is 37.7. The van der Waals surface area contributed by atoms with E-state index in [1.54, 1.807) is 19.2 Å². The van der Waals surface area contributed by atoms with E-state index < -0.39 is 60.7 Å². The highest BCUT2D eigenvalue weighted by molar-refractivity contribution is 5.92. The van der Waals surface area contributed by atoms with Crippen LogP contribution in [0.4, 0.5) is 5.69 Å². The molecular weight excluding hydrogens is 863 g/mol. The zero-order valence-electron chi connectivity index (χ0n) is 37.7. The molecule has 3 fully saturated rings. The van der Waals surface area contributed by atoms with Crippen molar-refractivity contribution in [3.8, 4) is 17.2 Å². The zero-order chi connectivity index (χ0) is 47.0. The molecule has 1 aromatic heterocycles. The predicted molar refractivity (Wildman–Crippen MR) is 245 cm³/mol. The Balaban J connectivity index is 1.05. The molecule has 4 aromatic rings. The fraction of sp³-hybridized carbons (Fsp3) is 0.510. The van der Waals surface area contributed by atoms with Gasteiger partial charge in [-0.15, -0.1) is 0 Å². The maximum Gasteiger partial charge on any atom is 0.226 e. The number of hydrogen-bond donors (Lipinski definition) is 9. The quantitative estimate of drug-likeness (QED) is 0.0691. The molecule has 2 saturated carbocycles. The summed E-state index contributed by atoms with van der Waals surface area (Å²) in [5.74, 6) is 1.05. The first-order chi connectivity index (χ1) is 32.2. The molecule has 2 spiro atoms. The van der Waals surface area contributed by atoms with E-state index >= 15 is 0 Å². The number of allylic oxidation sites excluding steroid dienone is 1. The highest BCUT2D eigenvalue weighted by Gasteiger charge is 2.59. The lowest BCUT2D eigenvalue weighted by atomic mass is 9.62. The van der Waals surface area contributed by atoms with Gasteiger partial charge in [-0.05, 0) is 105 Å². The van der Waals surface area contributed by atoms with Gasteiger partial charge in [-0.25, -0.2) is 9.78 Å². The van der Waals surface area contributed by atoms with Crippen molar-refractivity contribution in [3.63, 3.8) is 0 Å². The van der Waals surface area contributed by atoms with Crippen LogP contribution in [-0.2, 0) is 27.4 Å². The number of phenolic OH excluding ortho intramolecular Hbond substituents is 2. The van der Waals surface area contributed by atoms with Crippen molar-refractivity contribution in [1.82, 2.24) is 5.32 Å². The molecule has 9 N–H and O–H groups in total. The van der Waals surface area contributed by atoms with Crippen molar-refractivity contribution < 1.29 is 64.4 Å². The van der Waals surface area contributed by atoms with Crippen LogP contribution in [0.5, 0.6) is 17.2 Å². The summed E-state index contributed by atoms with van der Waals surface area (Å²) in [4.78, 5) is 45.7. The molecule has 0 bridgehead atoms. The molecule has 16 heteroatoms. The molecular formula is C51H60N3O13+. The number of aryl methyl sites for hydroxylation is 1. The third-order valence-electron chi connectivity index (χ3n) is 16.0. The van der Waals surface area contributed by atoms with Crippen LogP contribution in [0.2, 0.25) is 0 Å². The van der Waals surface area contributed by atoms with Gasteiger partial charge in [-0.1, -0.05) is 25.8 Å². The van der Waals surface area contributed by atoms with Crippen molar-refractivity contribution in [2.24, 2.45) is 22.2 Å². The minimum absolute atomic E-state index is 0.0507. The number of aliphatic hydroxyl groups is 5. The Morgan fingerprint density at radius 1 is 1.01 bits per heavy atom. The van der Waals surface area contributed by atoms with Gasteiger partial charge in [0, 0.05) is 54.6 Å². The summed E-state index contributed by atoms with van der Waals surface area (Å²) in [5, 5.41) is 80.6. The number of benzene rings is 3. The van der Waals surface area contributed by atoms with Crippen LogP contribution in [0, 0.1) is 24.2 Å². The summed E-state index contributed by atoms with van der Waals surface area (Å²) >= 11 is 0. The number of fused-ring (bicyclic) bond motifs is 4. The summed E-state index contributed by atoms with van der Waals surface area (Å²) in [5.41, 5.74) is -0.0776. The van der Waals surface area contributed by atoms with Crippen LogP contribution in [0.25, 0.3) is 21.7 Å². The average molecular weight is 923 g/mol. The number of quaternary nitrogens is 1. The molecule has 5 heterocycles. The summed E-state index contributed by atoms with van der Waals surface area (Å²) in [6, 6.07) is 10.4. The molecule has 10 rings (SSSR count). The van der Waals surface area contributed by atoms with E-state index in [9.17, 15) is 45.3 Å². The van der Waals surface area contributed by atoms with Gasteiger partial charge >= 0.3 is 0 Å². The monoisotopic (exact) mass is 922 g/mol. The van der Waals surface area contributed by atoms with Gasteiger partial charge in [0.05, 0.1) is 17.4 Å². The maximum absolute atomic E-state index is 13.9. The summed E-state index contributed by atoms with van der Waals surface area (Å²) in [6.45, 7) is 2.75. The maximum atomic E-state index is 13.9. The standard InChI is InChI=1S/C51H59N3O13/c1-3-38-33-12-16-52-37(33)24-54(38)43-45-30(18-35-40(58)17-27(2)65-46(35)43)19-42(51(66-45)15-6-7-29(22-51)36-23-53-48(62)49(36)13-4-5-14-49)67-64-26-50(63,47(61)44(60)41(59)25-55)21-28-8-11-39(57)32-10-9-31(56)20-34(28)32/h8-12,16-18,20,24,29,36,38,41-42,44,47,55-57,59-61,63H,3-7,13-15,19,21-23,25-26H2,1-2H3,(H,53,62)/p+1/t29-,36+,38?,41+,42+,44+,47-,50-,51+/m0/s1. The van der Waals surface area contributed by atoms with Crippen LogP contribution in [0.3, 0.4) is 0 Å². The summed E-state index contributed by atoms with van der Waals surface area (Å²) in [7, 11) is 0. The van der Waals surface area contributed by atoms with Gasteiger partial charge in [0.15, 0.2) is 11.2 Å². The van der Waals surface area contributed by atoms with Crippen molar-refractivity contribution in [3.05, 3.63) is 93.1 Å². The summed E-state index contributed by atoms with van der Waals surface area (Å²) < 4.78 is 14.0. The van der Waals surface area contributed by atoms with E-state index in [-0.39, 0.29) is 47.1 Å². The molecule has 10 atom stereocenters. The Kier molecular flexibility index (Phi) is 11.9. The highest BCUT2D eigenvalue weighted by Crippen LogP contribution is 2.56.